The fourth-order valence-corrected chi connectivity index (χ4v) is 1.71. The van der Waals surface area contributed by atoms with Crippen molar-refractivity contribution >= 4 is 5.91 Å². The molecule has 0 spiro atoms. The first kappa shape index (κ1) is 7.14. The van der Waals surface area contributed by atoms with Gasteiger partial charge in [-0.1, -0.05) is 6.42 Å². The van der Waals surface area contributed by atoms with Crippen molar-refractivity contribution in [3.8, 4) is 0 Å². The summed E-state index contributed by atoms with van der Waals surface area (Å²) in [5, 5.41) is 0. The van der Waals surface area contributed by atoms with Crippen molar-refractivity contribution in [1.29, 1.82) is 0 Å². The van der Waals surface area contributed by atoms with Crippen LogP contribution in [0.2, 0.25) is 0 Å². The lowest BCUT2D eigenvalue weighted by Crippen LogP contribution is -2.35. The molecule has 1 heterocycles. The molecule has 0 aromatic rings. The van der Waals surface area contributed by atoms with E-state index in [0.29, 0.717) is 5.91 Å². The van der Waals surface area contributed by atoms with Crippen LogP contribution in [0.3, 0.4) is 0 Å². The minimum atomic E-state index is 0.355. The number of carbonyl (C=O) groups excluding carboxylic acids is 1. The standard InChI is InChI=1S/C9H14NO/c11-9(8-4-3-5-8)10-6-1-2-7-10/h1-7H2. The minimum absolute atomic E-state index is 0.355. The molecule has 1 amide bonds. The van der Waals surface area contributed by atoms with E-state index in [1.165, 1.54) is 25.2 Å². The van der Waals surface area contributed by atoms with Gasteiger partial charge in [-0.05, 0) is 25.7 Å². The van der Waals surface area contributed by atoms with Gasteiger partial charge in [0.05, 0.1) is 5.92 Å². The molecule has 1 aliphatic carbocycles. The molecule has 2 fully saturated rings. The maximum atomic E-state index is 11.5. The van der Waals surface area contributed by atoms with Gasteiger partial charge in [-0.15, -0.1) is 0 Å². The molecule has 0 aromatic heterocycles. The van der Waals surface area contributed by atoms with Gasteiger partial charge in [0.2, 0.25) is 5.91 Å². The topological polar surface area (TPSA) is 20.3 Å². The Kier molecular flexibility index (Phi) is 1.84. The average Bonchev–Trinajstić information content (AvgIpc) is 2.32. The van der Waals surface area contributed by atoms with Gasteiger partial charge in [0.25, 0.3) is 0 Å². The third-order valence-electron chi connectivity index (χ3n) is 2.65. The number of carbonyl (C=O) groups is 1. The molecule has 2 heteroatoms. The predicted molar refractivity (Wildman–Crippen MR) is 42.9 cm³/mol. The predicted octanol–water partition coefficient (Wildman–Crippen LogP) is 1.37. The van der Waals surface area contributed by atoms with E-state index >= 15 is 0 Å². The third kappa shape index (κ3) is 1.26. The summed E-state index contributed by atoms with van der Waals surface area (Å²) in [5.41, 5.74) is 0. The number of rotatable bonds is 1. The Hall–Kier alpha value is -0.530. The molecule has 1 saturated heterocycles. The quantitative estimate of drug-likeness (QED) is 0.555. The largest absolute Gasteiger partial charge is 0.342 e. The summed E-state index contributed by atoms with van der Waals surface area (Å²) in [6.07, 6.45) is 5.78. The van der Waals surface area contributed by atoms with Crippen LogP contribution in [0, 0.1) is 5.92 Å². The van der Waals surface area contributed by atoms with Gasteiger partial charge in [0, 0.05) is 13.1 Å². The van der Waals surface area contributed by atoms with E-state index in [9.17, 15) is 4.79 Å². The smallest absolute Gasteiger partial charge is 0.229 e. The average molecular weight is 152 g/mol. The summed E-state index contributed by atoms with van der Waals surface area (Å²) in [7, 11) is 0. The first-order valence-corrected chi connectivity index (χ1v) is 4.52. The van der Waals surface area contributed by atoms with Crippen LogP contribution < -0.4 is 0 Å². The van der Waals surface area contributed by atoms with Crippen molar-refractivity contribution in [2.75, 3.05) is 13.1 Å². The molecule has 11 heavy (non-hydrogen) atoms. The second kappa shape index (κ2) is 2.84. The van der Waals surface area contributed by atoms with E-state index in [-0.39, 0.29) is 0 Å². The van der Waals surface area contributed by atoms with E-state index in [4.69, 9.17) is 0 Å². The molecule has 0 bridgehead atoms. The van der Waals surface area contributed by atoms with E-state index in [0.717, 1.165) is 25.9 Å². The molecular formula is C9H14NO. The van der Waals surface area contributed by atoms with Crippen molar-refractivity contribution in [3.63, 3.8) is 0 Å². The van der Waals surface area contributed by atoms with E-state index in [2.05, 4.69) is 0 Å². The van der Waals surface area contributed by atoms with E-state index < -0.39 is 0 Å². The molecule has 2 rings (SSSR count). The van der Waals surface area contributed by atoms with Crippen LogP contribution in [0.5, 0.6) is 0 Å². The molecule has 0 N–H and O–H groups in total. The maximum Gasteiger partial charge on any atom is 0.229 e. The number of hydrogen-bond acceptors (Lipinski definition) is 1. The fraction of sp³-hybridized carbons (Fsp3) is 0.778. The molecule has 1 radical (unpaired) electrons. The first-order chi connectivity index (χ1) is 5.38. The molecule has 1 saturated carbocycles. The second-order valence-corrected chi connectivity index (χ2v) is 3.46. The molecule has 0 atom stereocenters. The van der Waals surface area contributed by atoms with Crippen LogP contribution in [0.4, 0.5) is 0 Å². The van der Waals surface area contributed by atoms with Crippen molar-refractivity contribution < 1.29 is 4.79 Å². The molecular weight excluding hydrogens is 138 g/mol. The fourth-order valence-electron chi connectivity index (χ4n) is 1.71. The lowest BCUT2D eigenvalue weighted by Gasteiger charge is -2.28. The van der Waals surface area contributed by atoms with Gasteiger partial charge in [0.1, 0.15) is 0 Å². The molecule has 2 nitrogen and oxygen atoms in total. The van der Waals surface area contributed by atoms with Crippen LogP contribution in [-0.2, 0) is 4.79 Å². The van der Waals surface area contributed by atoms with Gasteiger partial charge in [-0.25, -0.2) is 0 Å². The number of nitrogens with zero attached hydrogens (tertiary/aromatic N) is 1. The van der Waals surface area contributed by atoms with Crippen molar-refractivity contribution in [2.45, 2.75) is 32.1 Å². The Balaban J connectivity index is 1.87. The zero-order chi connectivity index (χ0) is 7.68. The summed E-state index contributed by atoms with van der Waals surface area (Å²) in [5.74, 6) is 1.53. The summed E-state index contributed by atoms with van der Waals surface area (Å²) in [6, 6.07) is 0. The van der Waals surface area contributed by atoms with Gasteiger partial charge < -0.3 is 4.90 Å². The number of hydrogen-bond donors (Lipinski definition) is 0. The minimum Gasteiger partial charge on any atom is -0.342 e. The summed E-state index contributed by atoms with van der Waals surface area (Å²) in [6.45, 7) is 2.00. The normalized spacial score (nSPS) is 25.3. The highest BCUT2D eigenvalue weighted by Crippen LogP contribution is 2.31. The summed E-state index contributed by atoms with van der Waals surface area (Å²) >= 11 is 0. The number of amides is 1. The lowest BCUT2D eigenvalue weighted by atomic mass is 9.84. The monoisotopic (exact) mass is 152 g/mol. The van der Waals surface area contributed by atoms with Crippen molar-refractivity contribution in [3.05, 3.63) is 5.92 Å². The van der Waals surface area contributed by atoms with Crippen molar-refractivity contribution in [2.24, 2.45) is 0 Å². The van der Waals surface area contributed by atoms with Crippen LogP contribution in [0.15, 0.2) is 0 Å². The lowest BCUT2D eigenvalue weighted by molar-refractivity contribution is -0.129. The van der Waals surface area contributed by atoms with Crippen LogP contribution in [0.1, 0.15) is 32.1 Å². The van der Waals surface area contributed by atoms with Gasteiger partial charge >= 0.3 is 0 Å². The Morgan fingerprint density at radius 1 is 1.09 bits per heavy atom. The Morgan fingerprint density at radius 3 is 2.18 bits per heavy atom. The highest BCUT2D eigenvalue weighted by molar-refractivity contribution is 5.91. The molecule has 0 aromatic carbocycles. The van der Waals surface area contributed by atoms with Crippen LogP contribution in [0.25, 0.3) is 0 Å². The Morgan fingerprint density at radius 2 is 1.73 bits per heavy atom. The zero-order valence-corrected chi connectivity index (χ0v) is 6.81. The second-order valence-electron chi connectivity index (χ2n) is 3.46. The molecule has 1 aliphatic heterocycles. The zero-order valence-electron chi connectivity index (χ0n) is 6.81. The van der Waals surface area contributed by atoms with Crippen LogP contribution in [-0.4, -0.2) is 23.9 Å². The van der Waals surface area contributed by atoms with E-state index in [1.54, 1.807) is 0 Å². The van der Waals surface area contributed by atoms with E-state index in [1.807, 2.05) is 4.90 Å². The third-order valence-corrected chi connectivity index (χ3v) is 2.65. The molecule has 2 aliphatic rings. The summed E-state index contributed by atoms with van der Waals surface area (Å²) < 4.78 is 0. The summed E-state index contributed by atoms with van der Waals surface area (Å²) in [4.78, 5) is 13.5. The maximum absolute atomic E-state index is 11.5. The molecule has 0 unspecified atom stereocenters. The number of likely N-dealkylation sites (tertiary alicyclic amines) is 1. The van der Waals surface area contributed by atoms with Gasteiger partial charge in [-0.2, -0.15) is 0 Å². The molecule has 61 valence electrons. The SMILES string of the molecule is O=C([C]1CCC1)N1CCCC1. The first-order valence-electron chi connectivity index (χ1n) is 4.52. The van der Waals surface area contributed by atoms with Crippen molar-refractivity contribution in [1.82, 2.24) is 4.90 Å². The highest BCUT2D eigenvalue weighted by Gasteiger charge is 2.31. The Bertz CT molecular complexity index is 157. The highest BCUT2D eigenvalue weighted by atomic mass is 16.2. The van der Waals surface area contributed by atoms with Crippen LogP contribution >= 0.6 is 0 Å². The van der Waals surface area contributed by atoms with Gasteiger partial charge in [-0.3, -0.25) is 4.79 Å². The Labute approximate surface area is 67.6 Å². The van der Waals surface area contributed by atoms with Gasteiger partial charge in [0.15, 0.2) is 0 Å².